The molecule has 1 N–H and O–H groups in total. The Labute approximate surface area is 203 Å². The van der Waals surface area contributed by atoms with Crippen LogP contribution in [0.4, 0.5) is 0 Å². The molecule has 9 heteroatoms. The Kier molecular flexibility index (Phi) is 7.12. The second kappa shape index (κ2) is 9.90. The van der Waals surface area contributed by atoms with Crippen molar-refractivity contribution in [3.05, 3.63) is 75.2 Å². The molecule has 3 aromatic rings. The first kappa shape index (κ1) is 24.4. The number of aromatic nitrogens is 1. The summed E-state index contributed by atoms with van der Waals surface area (Å²) in [6.07, 6.45) is 3.44. The summed E-state index contributed by atoms with van der Waals surface area (Å²) >= 11 is 6.50. The highest BCUT2D eigenvalue weighted by Gasteiger charge is 2.39. The molecule has 34 heavy (non-hydrogen) atoms. The Morgan fingerprint density at radius 3 is 2.65 bits per heavy atom. The van der Waals surface area contributed by atoms with E-state index < -0.39 is 22.0 Å². The molecule has 0 amide bonds. The number of halogens is 1. The molecule has 1 aromatic heterocycles. The number of aliphatic carboxylic acids is 1. The largest absolute Gasteiger partial charge is 0.480 e. The van der Waals surface area contributed by atoms with Gasteiger partial charge in [-0.15, -0.1) is 0 Å². The van der Waals surface area contributed by atoms with Crippen molar-refractivity contribution in [1.29, 1.82) is 0 Å². The van der Waals surface area contributed by atoms with Crippen LogP contribution in [0.3, 0.4) is 0 Å². The minimum atomic E-state index is -4.00. The minimum Gasteiger partial charge on any atom is -0.480 e. The van der Waals surface area contributed by atoms with Crippen LogP contribution in [-0.4, -0.2) is 41.0 Å². The number of carboxylic acid groups (broad SMARTS) is 1. The van der Waals surface area contributed by atoms with Gasteiger partial charge >= 0.3 is 5.97 Å². The van der Waals surface area contributed by atoms with Crippen LogP contribution in [0.2, 0.25) is 5.02 Å². The van der Waals surface area contributed by atoms with Gasteiger partial charge in [0.15, 0.2) is 0 Å². The zero-order chi connectivity index (χ0) is 24.5. The number of rotatable bonds is 8. The first-order chi connectivity index (χ1) is 16.2. The highest BCUT2D eigenvalue weighted by molar-refractivity contribution is 7.89. The van der Waals surface area contributed by atoms with Crippen molar-refractivity contribution in [2.75, 3.05) is 6.54 Å². The Balaban J connectivity index is 1.70. The number of benzene rings is 2. The molecule has 0 radical (unpaired) electrons. The lowest BCUT2D eigenvalue weighted by Crippen LogP contribution is -2.40. The topological polar surface area (TPSA) is 96.7 Å². The fourth-order valence-electron chi connectivity index (χ4n) is 4.49. The van der Waals surface area contributed by atoms with E-state index in [4.69, 9.17) is 11.6 Å². The Hall–Kier alpha value is -2.68. The summed E-state index contributed by atoms with van der Waals surface area (Å²) in [7, 11) is -4.00. The third-order valence-electron chi connectivity index (χ3n) is 6.34. The molecule has 1 saturated heterocycles. The van der Waals surface area contributed by atoms with Crippen molar-refractivity contribution >= 4 is 38.4 Å². The molecular formula is C25H27ClN2O5S. The fourth-order valence-corrected chi connectivity index (χ4v) is 6.47. The van der Waals surface area contributed by atoms with Crippen molar-refractivity contribution < 1.29 is 18.3 Å². The molecule has 4 rings (SSSR count). The molecule has 0 aliphatic carbocycles. The second-order valence-electron chi connectivity index (χ2n) is 8.58. The number of hydrogen-bond donors (Lipinski definition) is 1. The van der Waals surface area contributed by atoms with E-state index in [1.807, 2.05) is 24.3 Å². The van der Waals surface area contributed by atoms with Gasteiger partial charge in [-0.05, 0) is 60.9 Å². The summed E-state index contributed by atoms with van der Waals surface area (Å²) in [4.78, 5) is 24.7. The lowest BCUT2D eigenvalue weighted by Gasteiger charge is -2.21. The third-order valence-corrected chi connectivity index (χ3v) is 8.60. The van der Waals surface area contributed by atoms with Crippen LogP contribution in [0.15, 0.2) is 58.2 Å². The minimum absolute atomic E-state index is 0.0496. The van der Waals surface area contributed by atoms with Gasteiger partial charge in [0.05, 0.1) is 11.4 Å². The highest BCUT2D eigenvalue weighted by Crippen LogP contribution is 2.29. The first-order valence-corrected chi connectivity index (χ1v) is 13.2. The van der Waals surface area contributed by atoms with Crippen LogP contribution in [0, 0.1) is 0 Å². The van der Waals surface area contributed by atoms with E-state index in [-0.39, 0.29) is 35.0 Å². The van der Waals surface area contributed by atoms with Gasteiger partial charge in [-0.25, -0.2) is 8.42 Å². The zero-order valence-electron chi connectivity index (χ0n) is 18.9. The number of unbranched alkanes of at least 4 members (excludes halogenated alkanes) is 1. The van der Waals surface area contributed by atoms with Gasteiger partial charge in [0, 0.05) is 22.6 Å². The lowest BCUT2D eigenvalue weighted by atomic mass is 10.1. The number of fused-ring (bicyclic) bond motifs is 1. The molecule has 2 heterocycles. The van der Waals surface area contributed by atoms with E-state index in [1.165, 1.54) is 12.1 Å². The van der Waals surface area contributed by atoms with Crippen LogP contribution >= 0.6 is 11.6 Å². The summed E-state index contributed by atoms with van der Waals surface area (Å²) in [5.74, 6) is -1.15. The highest BCUT2D eigenvalue weighted by atomic mass is 35.5. The monoisotopic (exact) mass is 502 g/mol. The molecule has 1 aliphatic heterocycles. The average Bonchev–Trinajstić information content (AvgIpc) is 3.32. The zero-order valence-corrected chi connectivity index (χ0v) is 20.5. The third kappa shape index (κ3) is 4.62. The molecule has 1 aliphatic rings. The molecule has 0 bridgehead atoms. The standard InChI is InChI=1S/C25H27ClN2O5S/c1-2-3-8-19-14-17-7-4-5-9-21(17)24(29)27(19)16-18-11-12-20(15-22(18)26)34(32,33)28-13-6-10-23(28)25(30)31/h4-5,7,9,11-12,14-15,23H,2-3,6,8,10,13,16H2,1H3,(H,30,31)/t23-/m0/s1. The maximum Gasteiger partial charge on any atom is 0.322 e. The number of carbonyl (C=O) groups is 1. The molecule has 0 unspecified atom stereocenters. The molecule has 1 fully saturated rings. The van der Waals surface area contributed by atoms with Crippen LogP contribution in [0.5, 0.6) is 0 Å². The van der Waals surface area contributed by atoms with Crippen LogP contribution < -0.4 is 5.56 Å². The van der Waals surface area contributed by atoms with E-state index in [0.29, 0.717) is 17.4 Å². The maximum atomic E-state index is 13.3. The van der Waals surface area contributed by atoms with Crippen molar-refractivity contribution in [2.45, 2.75) is 56.5 Å². The molecule has 0 saturated carbocycles. The quantitative estimate of drug-likeness (QED) is 0.495. The van der Waals surface area contributed by atoms with Gasteiger partial charge in [0.1, 0.15) is 6.04 Å². The van der Waals surface area contributed by atoms with Crippen molar-refractivity contribution in [2.24, 2.45) is 0 Å². The summed E-state index contributed by atoms with van der Waals surface area (Å²) in [6, 6.07) is 12.8. The van der Waals surface area contributed by atoms with E-state index in [2.05, 4.69) is 6.92 Å². The van der Waals surface area contributed by atoms with Gasteiger partial charge in [-0.1, -0.05) is 49.2 Å². The van der Waals surface area contributed by atoms with Gasteiger partial charge in [-0.3, -0.25) is 9.59 Å². The number of carboxylic acids is 1. The van der Waals surface area contributed by atoms with E-state index in [1.54, 1.807) is 16.7 Å². The Bertz CT molecular complexity index is 1400. The van der Waals surface area contributed by atoms with E-state index in [0.717, 1.165) is 34.6 Å². The van der Waals surface area contributed by atoms with Crippen molar-refractivity contribution in [3.63, 3.8) is 0 Å². The normalized spacial score (nSPS) is 16.8. The van der Waals surface area contributed by atoms with Crippen LogP contribution in [-0.2, 0) is 27.8 Å². The Morgan fingerprint density at radius 1 is 1.18 bits per heavy atom. The number of nitrogens with zero attached hydrogens (tertiary/aromatic N) is 2. The number of sulfonamides is 1. The smallest absolute Gasteiger partial charge is 0.322 e. The average molecular weight is 503 g/mol. The van der Waals surface area contributed by atoms with E-state index in [9.17, 15) is 23.1 Å². The summed E-state index contributed by atoms with van der Waals surface area (Å²) in [5.41, 5.74) is 1.41. The van der Waals surface area contributed by atoms with Crippen molar-refractivity contribution in [3.8, 4) is 0 Å². The molecule has 1 atom stereocenters. The second-order valence-corrected chi connectivity index (χ2v) is 10.9. The molecule has 2 aromatic carbocycles. The van der Waals surface area contributed by atoms with Gasteiger partial charge < -0.3 is 9.67 Å². The van der Waals surface area contributed by atoms with Crippen molar-refractivity contribution in [1.82, 2.24) is 8.87 Å². The first-order valence-electron chi connectivity index (χ1n) is 11.4. The Morgan fingerprint density at radius 2 is 1.94 bits per heavy atom. The molecular weight excluding hydrogens is 476 g/mol. The van der Waals surface area contributed by atoms with Gasteiger partial charge in [0.2, 0.25) is 10.0 Å². The fraction of sp³-hybridized carbons (Fsp3) is 0.360. The summed E-state index contributed by atoms with van der Waals surface area (Å²) in [5, 5.41) is 11.1. The van der Waals surface area contributed by atoms with E-state index >= 15 is 0 Å². The molecule has 7 nitrogen and oxygen atoms in total. The molecule has 0 spiro atoms. The van der Waals surface area contributed by atoms with Gasteiger partial charge in [0.25, 0.3) is 5.56 Å². The predicted molar refractivity (Wildman–Crippen MR) is 132 cm³/mol. The van der Waals surface area contributed by atoms with Crippen LogP contribution in [0.1, 0.15) is 43.9 Å². The molecule has 180 valence electrons. The number of pyridine rings is 1. The number of hydrogen-bond acceptors (Lipinski definition) is 4. The lowest BCUT2D eigenvalue weighted by molar-refractivity contribution is -0.140. The summed E-state index contributed by atoms with van der Waals surface area (Å²) < 4.78 is 28.9. The SMILES string of the molecule is CCCCc1cc2ccccc2c(=O)n1Cc1ccc(S(=O)(=O)N2CCC[C@H]2C(=O)O)cc1Cl. The predicted octanol–water partition coefficient (Wildman–Crippen LogP) is 4.28. The maximum absolute atomic E-state index is 13.3. The summed E-state index contributed by atoms with van der Waals surface area (Å²) in [6.45, 7) is 2.46. The van der Waals surface area contributed by atoms with Crippen LogP contribution in [0.25, 0.3) is 10.8 Å². The van der Waals surface area contributed by atoms with Gasteiger partial charge in [-0.2, -0.15) is 4.31 Å². The number of aryl methyl sites for hydroxylation is 1.